The highest BCUT2D eigenvalue weighted by molar-refractivity contribution is 6.32. The van der Waals surface area contributed by atoms with E-state index in [1.165, 1.54) is 0 Å². The number of fused-ring (bicyclic) bond motifs is 1. The van der Waals surface area contributed by atoms with Crippen LogP contribution < -0.4 is 10.1 Å². The molecule has 7 nitrogen and oxygen atoms in total. The van der Waals surface area contributed by atoms with Crippen LogP contribution in [0.2, 0.25) is 5.15 Å². The highest BCUT2D eigenvalue weighted by atomic mass is 35.5. The van der Waals surface area contributed by atoms with E-state index in [0.29, 0.717) is 17.3 Å². The van der Waals surface area contributed by atoms with Crippen molar-refractivity contribution in [3.8, 4) is 16.9 Å². The first-order valence-corrected chi connectivity index (χ1v) is 12.7. The summed E-state index contributed by atoms with van der Waals surface area (Å²) in [5, 5.41) is 11.6. The quantitative estimate of drug-likeness (QED) is 0.214. The lowest BCUT2D eigenvalue weighted by Gasteiger charge is -2.20. The molecule has 192 valence electrons. The molecule has 0 saturated carbocycles. The molecule has 38 heavy (non-hydrogen) atoms. The summed E-state index contributed by atoms with van der Waals surface area (Å²) in [6, 6.07) is 27.0. The molecule has 3 aromatic carbocycles. The zero-order valence-electron chi connectivity index (χ0n) is 20.9. The monoisotopic (exact) mass is 526 g/mol. The van der Waals surface area contributed by atoms with Gasteiger partial charge in [0, 0.05) is 10.9 Å². The number of carbonyl (C=O) groups is 1. The van der Waals surface area contributed by atoms with E-state index in [1.54, 1.807) is 6.20 Å². The van der Waals surface area contributed by atoms with Crippen LogP contribution in [0, 0.1) is 6.92 Å². The van der Waals surface area contributed by atoms with E-state index in [9.17, 15) is 4.79 Å². The summed E-state index contributed by atoms with van der Waals surface area (Å²) in [5.74, 6) is 0.547. The maximum absolute atomic E-state index is 12.6. The van der Waals surface area contributed by atoms with Gasteiger partial charge in [-0.05, 0) is 48.2 Å². The number of amides is 1. The number of pyridine rings is 1. The molecule has 5 rings (SSSR count). The number of nitrogens with one attached hydrogen (secondary N) is 2. The van der Waals surface area contributed by atoms with Crippen molar-refractivity contribution in [2.24, 2.45) is 0 Å². The van der Waals surface area contributed by atoms with E-state index in [4.69, 9.17) is 21.1 Å². The van der Waals surface area contributed by atoms with Crippen molar-refractivity contribution in [2.75, 3.05) is 6.61 Å². The molecular weight excluding hydrogens is 500 g/mol. The number of ether oxygens (including phenoxy) is 2. The van der Waals surface area contributed by atoms with Crippen LogP contribution in [0.1, 0.15) is 16.8 Å². The van der Waals surface area contributed by atoms with E-state index in [0.717, 1.165) is 38.9 Å². The van der Waals surface area contributed by atoms with E-state index in [2.05, 4.69) is 20.5 Å². The van der Waals surface area contributed by atoms with Crippen LogP contribution in [0.4, 0.5) is 4.79 Å². The number of alkyl carbamates (subject to hydrolysis) is 1. The summed E-state index contributed by atoms with van der Waals surface area (Å²) in [5.41, 5.74) is 5.52. The molecule has 2 N–H and O–H groups in total. The third-order valence-corrected chi connectivity index (χ3v) is 6.49. The summed E-state index contributed by atoms with van der Waals surface area (Å²) in [6.07, 6.45) is 1.66. The minimum absolute atomic E-state index is 0.191. The van der Waals surface area contributed by atoms with Gasteiger partial charge in [0.2, 0.25) is 0 Å². The smallest absolute Gasteiger partial charge is 0.407 e. The third-order valence-electron chi connectivity index (χ3n) is 6.19. The maximum Gasteiger partial charge on any atom is 0.407 e. The summed E-state index contributed by atoms with van der Waals surface area (Å²) < 4.78 is 11.5. The predicted molar refractivity (Wildman–Crippen MR) is 148 cm³/mol. The van der Waals surface area contributed by atoms with Gasteiger partial charge >= 0.3 is 6.09 Å². The Hall–Kier alpha value is -4.36. The number of hydrogen-bond acceptors (Lipinski definition) is 5. The molecule has 2 heterocycles. The van der Waals surface area contributed by atoms with Crippen molar-refractivity contribution >= 4 is 28.6 Å². The maximum atomic E-state index is 12.6. The largest absolute Gasteiger partial charge is 0.490 e. The van der Waals surface area contributed by atoms with E-state index in [-0.39, 0.29) is 19.3 Å². The Morgan fingerprint density at radius 2 is 1.74 bits per heavy atom. The summed E-state index contributed by atoms with van der Waals surface area (Å²) in [7, 11) is 0. The first-order chi connectivity index (χ1) is 18.5. The molecule has 1 unspecified atom stereocenters. The average Bonchev–Trinajstić information content (AvgIpc) is 3.32. The molecule has 0 fully saturated rings. The Labute approximate surface area is 225 Å². The second-order valence-electron chi connectivity index (χ2n) is 8.98. The highest BCUT2D eigenvalue weighted by Crippen LogP contribution is 2.32. The minimum Gasteiger partial charge on any atom is -0.490 e. The van der Waals surface area contributed by atoms with E-state index in [1.807, 2.05) is 91.9 Å². The van der Waals surface area contributed by atoms with Crippen molar-refractivity contribution in [1.29, 1.82) is 0 Å². The van der Waals surface area contributed by atoms with Gasteiger partial charge in [0.25, 0.3) is 0 Å². The summed E-state index contributed by atoms with van der Waals surface area (Å²) >= 11 is 6.46. The average molecular weight is 527 g/mol. The molecule has 0 radical (unpaired) electrons. The van der Waals surface area contributed by atoms with Gasteiger partial charge in [-0.25, -0.2) is 9.78 Å². The van der Waals surface area contributed by atoms with E-state index < -0.39 is 6.09 Å². The number of carbonyl (C=O) groups excluding carboxylic acids is 1. The topological polar surface area (TPSA) is 89.1 Å². The van der Waals surface area contributed by atoms with Gasteiger partial charge in [0.05, 0.1) is 23.4 Å². The Balaban J connectivity index is 1.29. The Kier molecular flexibility index (Phi) is 7.85. The molecule has 1 amide bonds. The number of nitrogens with zero attached hydrogens (tertiary/aromatic N) is 2. The minimum atomic E-state index is -0.503. The number of aromatic nitrogens is 3. The molecule has 0 aliphatic carbocycles. The Morgan fingerprint density at radius 1 is 1.00 bits per heavy atom. The van der Waals surface area contributed by atoms with Crippen LogP contribution in [0.3, 0.4) is 0 Å². The lowest BCUT2D eigenvalue weighted by molar-refractivity contribution is 0.130. The SMILES string of the molecule is Cc1n[nH]c2ccc(-c3cc(OCC(Cc4ccccc4)NC(=O)OCc4ccccc4)cnc3Cl)cc12. The molecule has 1 atom stereocenters. The first-order valence-electron chi connectivity index (χ1n) is 12.3. The fraction of sp³-hybridized carbons (Fsp3) is 0.167. The Bertz CT molecular complexity index is 1520. The molecule has 0 aliphatic heterocycles. The van der Waals surface area contributed by atoms with Crippen LogP contribution in [-0.2, 0) is 17.8 Å². The summed E-state index contributed by atoms with van der Waals surface area (Å²) in [4.78, 5) is 16.9. The lowest BCUT2D eigenvalue weighted by Crippen LogP contribution is -2.41. The van der Waals surface area contributed by atoms with Crippen molar-refractivity contribution < 1.29 is 14.3 Å². The number of halogens is 1. The fourth-order valence-corrected chi connectivity index (χ4v) is 4.41. The van der Waals surface area contributed by atoms with Crippen LogP contribution in [0.15, 0.2) is 91.1 Å². The first kappa shape index (κ1) is 25.3. The number of benzene rings is 3. The van der Waals surface area contributed by atoms with Crippen molar-refractivity contribution in [3.63, 3.8) is 0 Å². The van der Waals surface area contributed by atoms with Crippen LogP contribution in [0.25, 0.3) is 22.0 Å². The molecule has 0 saturated heterocycles. The molecule has 8 heteroatoms. The predicted octanol–water partition coefficient (Wildman–Crippen LogP) is 6.50. The summed E-state index contributed by atoms with van der Waals surface area (Å²) in [6.45, 7) is 2.36. The van der Waals surface area contributed by atoms with Crippen molar-refractivity contribution in [1.82, 2.24) is 20.5 Å². The second kappa shape index (κ2) is 11.8. The number of aromatic amines is 1. The van der Waals surface area contributed by atoms with Crippen molar-refractivity contribution in [2.45, 2.75) is 26.0 Å². The van der Waals surface area contributed by atoms with Gasteiger partial charge in [-0.3, -0.25) is 5.10 Å². The molecular formula is C30H27ClN4O3. The molecule has 0 aliphatic rings. The standard InChI is InChI=1S/C30H27ClN4O3/c1-20-26-15-23(12-13-28(26)35-34-20)27-16-25(17-32-29(27)31)37-19-24(14-21-8-4-2-5-9-21)33-30(36)38-18-22-10-6-3-7-11-22/h2-13,15-17,24H,14,18-19H2,1H3,(H,33,36)(H,34,35). The zero-order chi connectivity index (χ0) is 26.3. The number of H-pyrrole nitrogens is 1. The highest BCUT2D eigenvalue weighted by Gasteiger charge is 2.17. The molecule has 2 aromatic heterocycles. The lowest BCUT2D eigenvalue weighted by atomic mass is 10.0. The number of hydrogen-bond donors (Lipinski definition) is 2. The molecule has 5 aromatic rings. The normalized spacial score (nSPS) is 11.7. The molecule has 0 bridgehead atoms. The fourth-order valence-electron chi connectivity index (χ4n) is 4.20. The van der Waals surface area contributed by atoms with Gasteiger partial charge in [0.1, 0.15) is 24.1 Å². The van der Waals surface area contributed by atoms with Gasteiger partial charge in [-0.2, -0.15) is 5.10 Å². The van der Waals surface area contributed by atoms with Crippen LogP contribution >= 0.6 is 11.6 Å². The zero-order valence-corrected chi connectivity index (χ0v) is 21.6. The second-order valence-corrected chi connectivity index (χ2v) is 9.34. The number of aryl methyl sites for hydroxylation is 1. The number of rotatable bonds is 9. The third kappa shape index (κ3) is 6.30. The van der Waals surface area contributed by atoms with Gasteiger partial charge in [0.15, 0.2) is 0 Å². The van der Waals surface area contributed by atoms with Crippen LogP contribution in [0.5, 0.6) is 5.75 Å². The van der Waals surface area contributed by atoms with E-state index >= 15 is 0 Å². The van der Waals surface area contributed by atoms with Gasteiger partial charge < -0.3 is 14.8 Å². The van der Waals surface area contributed by atoms with Gasteiger partial charge in [-0.15, -0.1) is 0 Å². The Morgan fingerprint density at radius 3 is 2.50 bits per heavy atom. The van der Waals surface area contributed by atoms with Gasteiger partial charge in [-0.1, -0.05) is 78.3 Å². The van der Waals surface area contributed by atoms with Crippen molar-refractivity contribution in [3.05, 3.63) is 113 Å². The molecule has 0 spiro atoms. The van der Waals surface area contributed by atoms with Crippen LogP contribution in [-0.4, -0.2) is 33.9 Å².